The zero-order chi connectivity index (χ0) is 23.8. The Kier molecular flexibility index (Phi) is 8.41. The van der Waals surface area contributed by atoms with Gasteiger partial charge in [-0.3, -0.25) is 9.59 Å². The first-order valence-corrected chi connectivity index (χ1v) is 13.0. The van der Waals surface area contributed by atoms with Crippen molar-refractivity contribution in [3.63, 3.8) is 0 Å². The first-order chi connectivity index (χ1) is 16.6. The highest BCUT2D eigenvalue weighted by atomic mass is 32.2. The Labute approximate surface area is 205 Å². The Balaban J connectivity index is 1.31. The summed E-state index contributed by atoms with van der Waals surface area (Å²) in [7, 11) is 0. The molecule has 0 bridgehead atoms. The zero-order valence-corrected chi connectivity index (χ0v) is 20.4. The van der Waals surface area contributed by atoms with Gasteiger partial charge in [-0.15, -0.1) is 11.8 Å². The predicted molar refractivity (Wildman–Crippen MR) is 136 cm³/mol. The van der Waals surface area contributed by atoms with E-state index >= 15 is 0 Å². The maximum Gasteiger partial charge on any atom is 0.252 e. The molecule has 1 aromatic heterocycles. The average molecular weight is 477 g/mol. The quantitative estimate of drug-likeness (QED) is 0.419. The van der Waals surface area contributed by atoms with Crippen LogP contribution < -0.4 is 10.6 Å². The third-order valence-corrected chi connectivity index (χ3v) is 7.42. The van der Waals surface area contributed by atoms with Gasteiger partial charge in [-0.2, -0.15) is 0 Å². The molecule has 2 aromatic carbocycles. The van der Waals surface area contributed by atoms with Gasteiger partial charge in [0.2, 0.25) is 5.91 Å². The molecule has 2 N–H and O–H groups in total. The maximum absolute atomic E-state index is 13.0. The van der Waals surface area contributed by atoms with Crippen LogP contribution in [0.4, 0.5) is 0 Å². The Morgan fingerprint density at radius 3 is 2.59 bits per heavy atom. The van der Waals surface area contributed by atoms with Gasteiger partial charge in [-0.1, -0.05) is 43.5 Å². The van der Waals surface area contributed by atoms with Gasteiger partial charge in [0.25, 0.3) is 5.91 Å². The molecule has 4 rings (SSSR count). The molecule has 2 amide bonds. The molecular weight excluding hydrogens is 444 g/mol. The van der Waals surface area contributed by atoms with Crippen molar-refractivity contribution in [2.75, 3.05) is 12.3 Å². The summed E-state index contributed by atoms with van der Waals surface area (Å²) in [5, 5.41) is 6.16. The monoisotopic (exact) mass is 476 g/mol. The molecule has 0 unspecified atom stereocenters. The van der Waals surface area contributed by atoms with Crippen molar-refractivity contribution in [1.29, 1.82) is 0 Å². The fourth-order valence-corrected chi connectivity index (χ4v) is 5.21. The second-order valence-electron chi connectivity index (χ2n) is 8.85. The van der Waals surface area contributed by atoms with E-state index in [4.69, 9.17) is 0 Å². The van der Waals surface area contributed by atoms with Crippen molar-refractivity contribution < 1.29 is 9.59 Å². The van der Waals surface area contributed by atoms with Gasteiger partial charge in [0, 0.05) is 29.5 Å². The SMILES string of the molecule is C[C@@H](NC(=O)c1ccccc1SCC(=O)NCC1CCCCC1)c1ccc(-n2ccnc2)cc1. The Bertz CT molecular complexity index is 1080. The fourth-order valence-electron chi connectivity index (χ4n) is 4.33. The normalized spacial score (nSPS) is 15.0. The number of amides is 2. The fraction of sp³-hybridized carbons (Fsp3) is 0.370. The number of benzene rings is 2. The lowest BCUT2D eigenvalue weighted by Gasteiger charge is -2.21. The van der Waals surface area contributed by atoms with Crippen molar-refractivity contribution >= 4 is 23.6 Å². The molecule has 7 heteroatoms. The molecule has 0 spiro atoms. The molecule has 0 saturated heterocycles. The lowest BCUT2D eigenvalue weighted by molar-refractivity contribution is -0.118. The molecule has 1 atom stereocenters. The van der Waals surface area contributed by atoms with Crippen molar-refractivity contribution in [2.45, 2.75) is 50.0 Å². The second-order valence-corrected chi connectivity index (χ2v) is 9.87. The molecular formula is C27H32N4O2S. The number of nitrogens with one attached hydrogen (secondary N) is 2. The molecule has 34 heavy (non-hydrogen) atoms. The first kappa shape index (κ1) is 24.1. The molecule has 6 nitrogen and oxygen atoms in total. The highest BCUT2D eigenvalue weighted by Crippen LogP contribution is 2.25. The average Bonchev–Trinajstić information content (AvgIpc) is 3.42. The number of carbonyl (C=O) groups excluding carboxylic acids is 2. The van der Waals surface area contributed by atoms with Gasteiger partial charge < -0.3 is 15.2 Å². The minimum absolute atomic E-state index is 0.0251. The number of aromatic nitrogens is 2. The van der Waals surface area contributed by atoms with Crippen LogP contribution in [0.15, 0.2) is 72.1 Å². The summed E-state index contributed by atoms with van der Waals surface area (Å²) in [6, 6.07) is 15.4. The summed E-state index contributed by atoms with van der Waals surface area (Å²) in [6.07, 6.45) is 11.7. The minimum Gasteiger partial charge on any atom is -0.355 e. The van der Waals surface area contributed by atoms with E-state index in [0.29, 0.717) is 17.2 Å². The summed E-state index contributed by atoms with van der Waals surface area (Å²) in [4.78, 5) is 30.3. The van der Waals surface area contributed by atoms with E-state index in [9.17, 15) is 9.59 Å². The smallest absolute Gasteiger partial charge is 0.252 e. The van der Waals surface area contributed by atoms with Gasteiger partial charge in [-0.05, 0) is 55.5 Å². The maximum atomic E-state index is 13.0. The van der Waals surface area contributed by atoms with Crippen LogP contribution in [0.3, 0.4) is 0 Å². The Morgan fingerprint density at radius 2 is 1.85 bits per heavy atom. The molecule has 1 saturated carbocycles. The van der Waals surface area contributed by atoms with Crippen LogP contribution in [0.5, 0.6) is 0 Å². The Hall–Kier alpha value is -3.06. The number of thioether (sulfide) groups is 1. The number of imidazole rings is 1. The zero-order valence-electron chi connectivity index (χ0n) is 19.6. The van der Waals surface area contributed by atoms with Crippen LogP contribution in [-0.4, -0.2) is 33.7 Å². The predicted octanol–water partition coefficient (Wildman–Crippen LogP) is 5.15. The lowest BCUT2D eigenvalue weighted by Crippen LogP contribution is -2.31. The number of hydrogen-bond acceptors (Lipinski definition) is 4. The van der Waals surface area contributed by atoms with Crippen LogP contribution in [0.25, 0.3) is 5.69 Å². The van der Waals surface area contributed by atoms with Gasteiger partial charge in [0.15, 0.2) is 0 Å². The summed E-state index contributed by atoms with van der Waals surface area (Å²) < 4.78 is 1.94. The van der Waals surface area contributed by atoms with Crippen LogP contribution in [-0.2, 0) is 4.79 Å². The van der Waals surface area contributed by atoms with Gasteiger partial charge >= 0.3 is 0 Å². The highest BCUT2D eigenvalue weighted by molar-refractivity contribution is 8.00. The van der Waals surface area contributed by atoms with Crippen molar-refractivity contribution in [2.24, 2.45) is 5.92 Å². The third-order valence-electron chi connectivity index (χ3n) is 6.35. The largest absolute Gasteiger partial charge is 0.355 e. The molecule has 0 aliphatic heterocycles. The number of nitrogens with zero attached hydrogens (tertiary/aromatic N) is 2. The van der Waals surface area contributed by atoms with Gasteiger partial charge in [-0.25, -0.2) is 4.98 Å². The van der Waals surface area contributed by atoms with Crippen LogP contribution in [0, 0.1) is 5.92 Å². The van der Waals surface area contributed by atoms with Crippen LogP contribution in [0.1, 0.15) is 61.0 Å². The third kappa shape index (κ3) is 6.50. The van der Waals surface area contributed by atoms with Crippen molar-refractivity contribution in [1.82, 2.24) is 20.2 Å². The molecule has 178 valence electrons. The molecule has 1 fully saturated rings. The van der Waals surface area contributed by atoms with E-state index in [-0.39, 0.29) is 17.9 Å². The molecule has 1 aliphatic carbocycles. The van der Waals surface area contributed by atoms with Gasteiger partial charge in [0.1, 0.15) is 0 Å². The lowest BCUT2D eigenvalue weighted by atomic mass is 9.89. The van der Waals surface area contributed by atoms with E-state index < -0.39 is 0 Å². The molecule has 3 aromatic rings. The molecule has 1 aliphatic rings. The van der Waals surface area contributed by atoms with E-state index in [1.165, 1.54) is 43.9 Å². The second kappa shape index (κ2) is 11.9. The highest BCUT2D eigenvalue weighted by Gasteiger charge is 2.17. The van der Waals surface area contributed by atoms with Crippen molar-refractivity contribution in [3.8, 4) is 5.69 Å². The number of hydrogen-bond donors (Lipinski definition) is 2. The first-order valence-electron chi connectivity index (χ1n) is 12.0. The minimum atomic E-state index is -0.152. The number of rotatable bonds is 9. The number of carbonyl (C=O) groups is 2. The molecule has 1 heterocycles. The summed E-state index contributed by atoms with van der Waals surface area (Å²) in [6.45, 7) is 2.73. The molecule has 0 radical (unpaired) electrons. The van der Waals surface area contributed by atoms with E-state index in [1.807, 2.05) is 66.2 Å². The topological polar surface area (TPSA) is 76.0 Å². The summed E-state index contributed by atoms with van der Waals surface area (Å²) in [5.41, 5.74) is 2.63. The summed E-state index contributed by atoms with van der Waals surface area (Å²) >= 11 is 1.41. The van der Waals surface area contributed by atoms with Crippen molar-refractivity contribution in [3.05, 3.63) is 78.4 Å². The van der Waals surface area contributed by atoms with Crippen LogP contribution >= 0.6 is 11.8 Å². The van der Waals surface area contributed by atoms with Crippen LogP contribution in [0.2, 0.25) is 0 Å². The van der Waals surface area contributed by atoms with E-state index in [2.05, 4.69) is 15.6 Å². The standard InChI is InChI=1S/C27H32N4O2S/c1-20(22-11-13-23(14-12-22)31-16-15-28-19-31)30-27(33)24-9-5-6-10-25(24)34-18-26(32)29-17-21-7-3-2-4-8-21/h5-6,9-16,19-21H,2-4,7-8,17-18H2,1H3,(H,29,32)(H,30,33)/t20-/m1/s1. The Morgan fingerprint density at radius 1 is 1.09 bits per heavy atom. The van der Waals surface area contributed by atoms with E-state index in [1.54, 1.807) is 12.5 Å². The van der Waals surface area contributed by atoms with Gasteiger partial charge in [0.05, 0.1) is 23.7 Å². The summed E-state index contributed by atoms with van der Waals surface area (Å²) in [5.74, 6) is 0.799. The van der Waals surface area contributed by atoms with E-state index in [0.717, 1.165) is 22.7 Å².